The molecule has 48 heavy (non-hydrogen) atoms. The first-order valence-corrected chi connectivity index (χ1v) is 17.2. The van der Waals surface area contributed by atoms with E-state index in [9.17, 15) is 19.7 Å². The third-order valence-corrected chi connectivity index (χ3v) is 9.45. The fraction of sp³-hybridized carbons (Fsp3) is 0.200. The van der Waals surface area contributed by atoms with Gasteiger partial charge in [0.15, 0.2) is 10.6 Å². The Hall–Kier alpha value is -5.27. The van der Waals surface area contributed by atoms with Crippen molar-refractivity contribution in [3.63, 3.8) is 0 Å². The molecule has 5 aromatic rings. The van der Waals surface area contributed by atoms with Gasteiger partial charge in [0.05, 0.1) is 45.7 Å². The lowest BCUT2D eigenvalue weighted by molar-refractivity contribution is -0.385. The van der Waals surface area contributed by atoms with Gasteiger partial charge in [-0.05, 0) is 75.1 Å². The Morgan fingerprint density at radius 1 is 1.08 bits per heavy atom. The molecule has 3 aromatic carbocycles. The van der Waals surface area contributed by atoms with Gasteiger partial charge >= 0.3 is 11.7 Å². The molecule has 1 unspecified atom stereocenters. The number of hydrogen-bond donors (Lipinski definition) is 0. The summed E-state index contributed by atoms with van der Waals surface area (Å²) in [4.78, 5) is 45.2. The van der Waals surface area contributed by atoms with Crippen molar-refractivity contribution in [3.8, 4) is 22.7 Å². The lowest BCUT2D eigenvalue weighted by Crippen LogP contribution is -2.39. The summed E-state index contributed by atoms with van der Waals surface area (Å²) in [6.45, 7) is 5.68. The number of aromatic nitrogens is 3. The summed E-state index contributed by atoms with van der Waals surface area (Å²) in [6, 6.07) is 21.1. The van der Waals surface area contributed by atoms with Crippen molar-refractivity contribution in [2.75, 3.05) is 19.5 Å². The molecule has 0 amide bonds. The highest BCUT2D eigenvalue weighted by Crippen LogP contribution is 2.35. The molecule has 2 aromatic heterocycles. The van der Waals surface area contributed by atoms with Gasteiger partial charge in [0.2, 0.25) is 0 Å². The Morgan fingerprint density at radius 3 is 2.50 bits per heavy atom. The Bertz CT molecular complexity index is 2240. The highest BCUT2D eigenvalue weighted by atomic mass is 32.2. The van der Waals surface area contributed by atoms with Gasteiger partial charge in [-0.1, -0.05) is 41.7 Å². The number of benzene rings is 3. The van der Waals surface area contributed by atoms with Crippen LogP contribution in [0, 0.1) is 10.1 Å². The number of nitro groups is 1. The van der Waals surface area contributed by atoms with Gasteiger partial charge < -0.3 is 9.47 Å². The number of rotatable bonds is 10. The van der Waals surface area contributed by atoms with E-state index in [2.05, 4.69) is 4.99 Å². The van der Waals surface area contributed by atoms with Crippen LogP contribution in [0.4, 0.5) is 5.69 Å². The molecule has 244 valence electrons. The van der Waals surface area contributed by atoms with Crippen molar-refractivity contribution in [1.29, 1.82) is 0 Å². The second-order valence-corrected chi connectivity index (χ2v) is 12.5. The maximum atomic E-state index is 14.3. The van der Waals surface area contributed by atoms with Gasteiger partial charge in [-0.15, -0.1) is 11.8 Å². The quantitative estimate of drug-likeness (QED) is 0.0797. The number of fused-ring (bicyclic) bond motifs is 1. The first kappa shape index (κ1) is 32.7. The molecular weight excluding hydrogens is 651 g/mol. The minimum absolute atomic E-state index is 0.155. The SMILES string of the molecule is CCOC(=O)C1=C(C)N=c2sc(=Cc3cn(-c4ccccc4)nc3-c3ccc(OCC)c([N+](=O)[O-])c3)c(=O)n2C1c1ccc(SC)cc1. The van der Waals surface area contributed by atoms with Crippen molar-refractivity contribution in [2.45, 2.75) is 31.7 Å². The van der Waals surface area contributed by atoms with E-state index in [1.165, 1.54) is 22.0 Å². The number of hydrogen-bond acceptors (Lipinski definition) is 10. The Balaban J connectivity index is 1.56. The lowest BCUT2D eigenvalue weighted by Gasteiger charge is -2.24. The monoisotopic (exact) mass is 681 g/mol. The molecule has 0 N–H and O–H groups in total. The zero-order valence-corrected chi connectivity index (χ0v) is 28.2. The van der Waals surface area contributed by atoms with Crippen LogP contribution < -0.4 is 19.6 Å². The maximum Gasteiger partial charge on any atom is 0.338 e. The van der Waals surface area contributed by atoms with Crippen LogP contribution in [0.15, 0.2) is 105 Å². The molecule has 0 saturated carbocycles. The van der Waals surface area contributed by atoms with Crippen LogP contribution in [0.2, 0.25) is 0 Å². The number of thioether (sulfide) groups is 1. The lowest BCUT2D eigenvalue weighted by atomic mass is 9.96. The van der Waals surface area contributed by atoms with Gasteiger partial charge in [-0.2, -0.15) is 5.10 Å². The number of ether oxygens (including phenoxy) is 2. The summed E-state index contributed by atoms with van der Waals surface area (Å²) in [5.41, 5.74) is 3.22. The Morgan fingerprint density at radius 2 is 1.83 bits per heavy atom. The third-order valence-electron chi connectivity index (χ3n) is 7.73. The van der Waals surface area contributed by atoms with Crippen LogP contribution in [-0.4, -0.2) is 44.7 Å². The molecule has 0 saturated heterocycles. The Kier molecular flexibility index (Phi) is 9.42. The van der Waals surface area contributed by atoms with Crippen LogP contribution in [0.5, 0.6) is 5.75 Å². The number of carbonyl (C=O) groups is 1. The van der Waals surface area contributed by atoms with E-state index in [1.54, 1.807) is 61.6 Å². The van der Waals surface area contributed by atoms with Gasteiger partial charge in [0.1, 0.15) is 5.69 Å². The van der Waals surface area contributed by atoms with Crippen LogP contribution in [0.3, 0.4) is 0 Å². The highest BCUT2D eigenvalue weighted by Gasteiger charge is 2.33. The topological polar surface area (TPSA) is 131 Å². The van der Waals surface area contributed by atoms with Crippen molar-refractivity contribution in [1.82, 2.24) is 14.3 Å². The first-order valence-electron chi connectivity index (χ1n) is 15.1. The smallest absolute Gasteiger partial charge is 0.338 e. The first-order chi connectivity index (χ1) is 23.2. The van der Waals surface area contributed by atoms with Crippen LogP contribution in [-0.2, 0) is 9.53 Å². The molecule has 6 rings (SSSR count). The summed E-state index contributed by atoms with van der Waals surface area (Å²) < 4.78 is 14.5. The van der Waals surface area contributed by atoms with E-state index in [1.807, 2.05) is 60.9 Å². The van der Waals surface area contributed by atoms with Crippen LogP contribution in [0.25, 0.3) is 23.0 Å². The fourth-order valence-corrected chi connectivity index (χ4v) is 7.00. The second kappa shape index (κ2) is 13.8. The summed E-state index contributed by atoms with van der Waals surface area (Å²) >= 11 is 2.79. The largest absolute Gasteiger partial charge is 0.487 e. The highest BCUT2D eigenvalue weighted by molar-refractivity contribution is 7.98. The standard InChI is InChI=1S/C35H31N5O6S2/c1-5-45-28-17-14-23(18-27(28)40(43)44)31-24(20-38(37-31)25-10-8-7-9-11-25)19-29-33(41)39-32(22-12-15-26(47-4)16-13-22)30(34(42)46-6-2)21(3)36-35(39)48-29/h7-20,32H,5-6H2,1-4H3. The van der Waals surface area contributed by atoms with Gasteiger partial charge in [0, 0.05) is 28.3 Å². The van der Waals surface area contributed by atoms with E-state index in [0.29, 0.717) is 37.4 Å². The number of allylic oxidation sites excluding steroid dienone is 1. The molecular formula is C35H31N5O6S2. The predicted molar refractivity (Wildman–Crippen MR) is 185 cm³/mol. The number of esters is 1. The zero-order chi connectivity index (χ0) is 33.9. The van der Waals surface area contributed by atoms with Gasteiger partial charge in [-0.3, -0.25) is 19.5 Å². The minimum Gasteiger partial charge on any atom is -0.487 e. The number of thiazole rings is 1. The fourth-order valence-electron chi connectivity index (χ4n) is 5.55. The second-order valence-electron chi connectivity index (χ2n) is 10.7. The molecule has 1 aliphatic heterocycles. The van der Waals surface area contributed by atoms with Crippen LogP contribution in [0.1, 0.15) is 37.9 Å². The van der Waals surface area contributed by atoms with Crippen molar-refractivity contribution in [3.05, 3.63) is 131 Å². The molecule has 0 aliphatic carbocycles. The molecule has 0 fully saturated rings. The van der Waals surface area contributed by atoms with E-state index in [4.69, 9.17) is 14.6 Å². The number of para-hydroxylation sites is 1. The predicted octanol–water partition coefficient (Wildman–Crippen LogP) is 5.68. The van der Waals surface area contributed by atoms with E-state index >= 15 is 0 Å². The molecule has 0 radical (unpaired) electrons. The van der Waals surface area contributed by atoms with Gasteiger partial charge in [0.25, 0.3) is 5.56 Å². The number of nitrogens with zero attached hydrogens (tertiary/aromatic N) is 5. The normalized spacial score (nSPS) is 14.4. The summed E-state index contributed by atoms with van der Waals surface area (Å²) in [5.74, 6) is -0.377. The zero-order valence-electron chi connectivity index (χ0n) is 26.6. The number of nitro benzene ring substituents is 1. The summed E-state index contributed by atoms with van der Waals surface area (Å²) in [6.07, 6.45) is 5.47. The molecule has 1 atom stereocenters. The average molecular weight is 682 g/mol. The molecule has 1 aliphatic rings. The average Bonchev–Trinajstić information content (AvgIpc) is 3.65. The molecule has 0 bridgehead atoms. The van der Waals surface area contributed by atoms with E-state index in [0.717, 1.165) is 16.1 Å². The van der Waals surface area contributed by atoms with Crippen LogP contribution >= 0.6 is 23.1 Å². The van der Waals surface area contributed by atoms with Crippen molar-refractivity contribution >= 4 is 40.8 Å². The summed E-state index contributed by atoms with van der Waals surface area (Å²) in [7, 11) is 0. The number of carbonyl (C=O) groups excluding carboxylic acids is 1. The third kappa shape index (κ3) is 6.21. The van der Waals surface area contributed by atoms with E-state index in [-0.39, 0.29) is 30.2 Å². The van der Waals surface area contributed by atoms with Crippen molar-refractivity contribution in [2.24, 2.45) is 4.99 Å². The van der Waals surface area contributed by atoms with Gasteiger partial charge in [-0.25, -0.2) is 14.5 Å². The molecule has 0 spiro atoms. The van der Waals surface area contributed by atoms with Crippen molar-refractivity contribution < 1.29 is 19.2 Å². The Labute approximate surface area is 283 Å². The van der Waals surface area contributed by atoms with E-state index < -0.39 is 16.9 Å². The maximum absolute atomic E-state index is 14.3. The molecule has 3 heterocycles. The molecule has 13 heteroatoms. The minimum atomic E-state index is -0.751. The molecule has 11 nitrogen and oxygen atoms in total. The summed E-state index contributed by atoms with van der Waals surface area (Å²) in [5, 5.41) is 16.8.